The highest BCUT2D eigenvalue weighted by molar-refractivity contribution is 5.95. The first-order valence-electron chi connectivity index (χ1n) is 8.11. The summed E-state index contributed by atoms with van der Waals surface area (Å²) >= 11 is 0. The summed E-state index contributed by atoms with van der Waals surface area (Å²) in [5, 5.41) is 11.9. The first kappa shape index (κ1) is 16.8. The van der Waals surface area contributed by atoms with Crippen LogP contribution in [0.25, 0.3) is 0 Å². The first-order valence-corrected chi connectivity index (χ1v) is 8.11. The van der Waals surface area contributed by atoms with E-state index in [-0.39, 0.29) is 12.3 Å². The zero-order valence-electron chi connectivity index (χ0n) is 13.6. The quantitative estimate of drug-likeness (QED) is 0.873. The molecule has 3 rings (SSSR count). The summed E-state index contributed by atoms with van der Waals surface area (Å²) in [6.07, 6.45) is 0.588. The fourth-order valence-corrected chi connectivity index (χ4v) is 2.66. The summed E-state index contributed by atoms with van der Waals surface area (Å²) < 4.78 is 11.1. The molecule has 0 unspecified atom stereocenters. The molecule has 0 saturated carbocycles. The molecule has 25 heavy (non-hydrogen) atoms. The van der Waals surface area contributed by atoms with Gasteiger partial charge < -0.3 is 19.9 Å². The van der Waals surface area contributed by atoms with E-state index in [4.69, 9.17) is 14.6 Å². The zero-order valence-corrected chi connectivity index (χ0v) is 13.6. The molecule has 0 fully saturated rings. The van der Waals surface area contributed by atoms with E-state index in [1.54, 1.807) is 30.3 Å². The van der Waals surface area contributed by atoms with Gasteiger partial charge in [-0.2, -0.15) is 0 Å². The first-order chi connectivity index (χ1) is 12.1. The van der Waals surface area contributed by atoms with Gasteiger partial charge in [-0.15, -0.1) is 0 Å². The number of carbonyl (C=O) groups excluding carboxylic acids is 1. The van der Waals surface area contributed by atoms with E-state index in [0.29, 0.717) is 30.3 Å². The zero-order chi connectivity index (χ0) is 17.6. The van der Waals surface area contributed by atoms with Crippen molar-refractivity contribution in [1.29, 1.82) is 0 Å². The smallest absolute Gasteiger partial charge is 0.305 e. The lowest BCUT2D eigenvalue weighted by molar-refractivity contribution is -0.137. The van der Waals surface area contributed by atoms with E-state index in [1.807, 2.05) is 18.2 Å². The van der Waals surface area contributed by atoms with Crippen molar-refractivity contribution in [2.75, 3.05) is 13.2 Å². The molecule has 1 aliphatic heterocycles. The minimum absolute atomic E-state index is 0.194. The molecule has 0 aliphatic carbocycles. The van der Waals surface area contributed by atoms with Gasteiger partial charge in [0.25, 0.3) is 5.91 Å². The van der Waals surface area contributed by atoms with Gasteiger partial charge in [-0.05, 0) is 23.8 Å². The lowest BCUT2D eigenvalue weighted by Gasteiger charge is -2.18. The second-order valence-electron chi connectivity index (χ2n) is 5.75. The normalized spacial score (nSPS) is 14.2. The van der Waals surface area contributed by atoms with Gasteiger partial charge in [0.2, 0.25) is 0 Å². The van der Waals surface area contributed by atoms with Crippen LogP contribution in [0.4, 0.5) is 0 Å². The monoisotopic (exact) mass is 341 g/mol. The summed E-state index contributed by atoms with van der Waals surface area (Å²) in [6.45, 7) is 1.11. The minimum atomic E-state index is -0.979. The Labute approximate surface area is 145 Å². The molecule has 6 nitrogen and oxygen atoms in total. The van der Waals surface area contributed by atoms with Crippen molar-refractivity contribution >= 4 is 11.9 Å². The Morgan fingerprint density at radius 1 is 1.04 bits per heavy atom. The van der Waals surface area contributed by atoms with Gasteiger partial charge in [0.1, 0.15) is 0 Å². The van der Waals surface area contributed by atoms with Crippen LogP contribution in [0.1, 0.15) is 34.8 Å². The Morgan fingerprint density at radius 3 is 2.48 bits per heavy atom. The van der Waals surface area contributed by atoms with Crippen LogP contribution in [0.5, 0.6) is 11.5 Å². The number of amides is 1. The Kier molecular flexibility index (Phi) is 5.18. The maximum absolute atomic E-state index is 12.6. The van der Waals surface area contributed by atoms with Gasteiger partial charge in [0, 0.05) is 12.0 Å². The predicted octanol–water partition coefficient (Wildman–Crippen LogP) is 2.79. The number of carbonyl (C=O) groups is 2. The van der Waals surface area contributed by atoms with Gasteiger partial charge in [0.05, 0.1) is 25.7 Å². The van der Waals surface area contributed by atoms with E-state index in [9.17, 15) is 9.59 Å². The highest BCUT2D eigenvalue weighted by Gasteiger charge is 2.20. The number of hydrogen-bond acceptors (Lipinski definition) is 4. The van der Waals surface area contributed by atoms with E-state index >= 15 is 0 Å². The molecule has 2 aromatic rings. The van der Waals surface area contributed by atoms with Crippen LogP contribution >= 0.6 is 0 Å². The molecule has 2 N–H and O–H groups in total. The molecular weight excluding hydrogens is 322 g/mol. The predicted molar refractivity (Wildman–Crippen MR) is 91.0 cm³/mol. The molecule has 1 amide bonds. The van der Waals surface area contributed by atoms with Crippen LogP contribution in [0.15, 0.2) is 48.5 Å². The van der Waals surface area contributed by atoms with Crippen LogP contribution in [0.2, 0.25) is 0 Å². The van der Waals surface area contributed by atoms with Crippen molar-refractivity contribution in [3.63, 3.8) is 0 Å². The molecule has 1 atom stereocenters. The van der Waals surface area contributed by atoms with Crippen LogP contribution in [0, 0.1) is 0 Å². The Morgan fingerprint density at radius 2 is 1.76 bits per heavy atom. The average Bonchev–Trinajstić information content (AvgIpc) is 2.86. The van der Waals surface area contributed by atoms with Crippen molar-refractivity contribution in [2.45, 2.75) is 18.9 Å². The third-order valence-corrected chi connectivity index (χ3v) is 3.90. The summed E-state index contributed by atoms with van der Waals surface area (Å²) in [6, 6.07) is 13.4. The molecule has 1 aliphatic rings. The third-order valence-electron chi connectivity index (χ3n) is 3.90. The molecular formula is C19H19NO5. The fraction of sp³-hybridized carbons (Fsp3) is 0.263. The summed E-state index contributed by atoms with van der Waals surface area (Å²) in [5.41, 5.74) is 1.14. The highest BCUT2D eigenvalue weighted by Crippen LogP contribution is 2.30. The van der Waals surface area contributed by atoms with Crippen LogP contribution in [-0.4, -0.2) is 30.2 Å². The number of ether oxygens (including phenoxy) is 2. The lowest BCUT2D eigenvalue weighted by Crippen LogP contribution is -2.30. The van der Waals surface area contributed by atoms with Crippen molar-refractivity contribution in [2.24, 2.45) is 0 Å². The number of aliphatic carboxylic acids is 1. The number of nitrogens with one attached hydrogen (secondary N) is 1. The molecule has 0 saturated heterocycles. The molecule has 0 radical (unpaired) electrons. The van der Waals surface area contributed by atoms with Crippen LogP contribution in [-0.2, 0) is 4.79 Å². The number of fused-ring (bicyclic) bond motifs is 1. The van der Waals surface area contributed by atoms with Crippen LogP contribution < -0.4 is 14.8 Å². The SMILES string of the molecule is O=C(O)C[C@H](NC(=O)c1ccc2c(c1)OCCCO2)c1ccccc1. The number of carboxylic acids is 1. The third kappa shape index (κ3) is 4.29. The Bertz CT molecular complexity index is 760. The molecule has 0 bridgehead atoms. The second-order valence-corrected chi connectivity index (χ2v) is 5.75. The van der Waals surface area contributed by atoms with Gasteiger partial charge in [-0.25, -0.2) is 0 Å². The van der Waals surface area contributed by atoms with E-state index in [0.717, 1.165) is 12.0 Å². The van der Waals surface area contributed by atoms with Gasteiger partial charge in [-0.1, -0.05) is 30.3 Å². The summed E-state index contributed by atoms with van der Waals surface area (Å²) in [4.78, 5) is 23.7. The van der Waals surface area contributed by atoms with Gasteiger partial charge in [-0.3, -0.25) is 9.59 Å². The highest BCUT2D eigenvalue weighted by atomic mass is 16.5. The maximum Gasteiger partial charge on any atom is 0.305 e. The largest absolute Gasteiger partial charge is 0.490 e. The molecule has 0 aromatic heterocycles. The topological polar surface area (TPSA) is 84.9 Å². The van der Waals surface area contributed by atoms with Gasteiger partial charge >= 0.3 is 5.97 Å². The number of benzene rings is 2. The van der Waals surface area contributed by atoms with Crippen molar-refractivity contribution in [1.82, 2.24) is 5.32 Å². The maximum atomic E-state index is 12.6. The number of hydrogen-bond donors (Lipinski definition) is 2. The van der Waals surface area contributed by atoms with E-state index in [1.165, 1.54) is 0 Å². The van der Waals surface area contributed by atoms with E-state index < -0.39 is 12.0 Å². The average molecular weight is 341 g/mol. The molecule has 6 heteroatoms. The molecule has 2 aromatic carbocycles. The fourth-order valence-electron chi connectivity index (χ4n) is 2.66. The van der Waals surface area contributed by atoms with E-state index in [2.05, 4.69) is 5.32 Å². The summed E-state index contributed by atoms with van der Waals surface area (Å²) in [5.74, 6) is -0.197. The van der Waals surface area contributed by atoms with Crippen molar-refractivity contribution < 1.29 is 24.2 Å². The van der Waals surface area contributed by atoms with Crippen molar-refractivity contribution in [3.05, 3.63) is 59.7 Å². The van der Waals surface area contributed by atoms with Crippen molar-refractivity contribution in [3.8, 4) is 11.5 Å². The summed E-state index contributed by atoms with van der Waals surface area (Å²) in [7, 11) is 0. The Balaban J connectivity index is 1.79. The molecule has 1 heterocycles. The molecule has 130 valence electrons. The number of rotatable bonds is 5. The minimum Gasteiger partial charge on any atom is -0.490 e. The standard InChI is InChI=1S/C19H19NO5/c21-18(22)12-15(13-5-2-1-3-6-13)20-19(23)14-7-8-16-17(11-14)25-10-4-9-24-16/h1-3,5-8,11,15H,4,9-10,12H2,(H,20,23)(H,21,22)/t15-/m0/s1. The van der Waals surface area contributed by atoms with Crippen LogP contribution in [0.3, 0.4) is 0 Å². The number of carboxylic acid groups (broad SMARTS) is 1. The second kappa shape index (κ2) is 7.70. The Hall–Kier alpha value is -3.02. The van der Waals surface area contributed by atoms with Gasteiger partial charge in [0.15, 0.2) is 11.5 Å². The molecule has 0 spiro atoms. The lowest BCUT2D eigenvalue weighted by atomic mass is 10.0.